The third-order valence-electron chi connectivity index (χ3n) is 5.45. The van der Waals surface area contributed by atoms with E-state index in [9.17, 15) is 13.2 Å². The Morgan fingerprint density at radius 3 is 2.12 bits per heavy atom. The minimum Gasteiger partial charge on any atom is -0.322 e. The number of carbonyl (C=O) groups is 1. The van der Waals surface area contributed by atoms with Crippen LogP contribution in [0.5, 0.6) is 0 Å². The number of nitrogens with zero attached hydrogens (tertiary/aromatic N) is 1. The van der Waals surface area contributed by atoms with Gasteiger partial charge in [-0.2, -0.15) is 0 Å². The largest absolute Gasteiger partial charge is 0.322 e. The van der Waals surface area contributed by atoms with E-state index in [2.05, 4.69) is 28.1 Å². The van der Waals surface area contributed by atoms with Crippen LogP contribution in [0.4, 0.5) is 5.69 Å². The topological polar surface area (TPSA) is 68.2 Å². The van der Waals surface area contributed by atoms with Crippen molar-refractivity contribution in [2.24, 2.45) is 0 Å². The molecule has 0 bridgehead atoms. The van der Waals surface area contributed by atoms with Crippen LogP contribution in [0.25, 0.3) is 16.8 Å². The molecule has 0 saturated heterocycles. The van der Waals surface area contributed by atoms with E-state index in [0.29, 0.717) is 11.3 Å². The number of rotatable bonds is 5. The minimum atomic E-state index is -3.28. The van der Waals surface area contributed by atoms with E-state index in [1.807, 2.05) is 56.3 Å². The molecule has 0 aliphatic carbocycles. The summed E-state index contributed by atoms with van der Waals surface area (Å²) in [5.74, 6) is -0.242. The average Bonchev–Trinajstić information content (AvgIpc) is 3.08. The second kappa shape index (κ2) is 8.48. The quantitative estimate of drug-likeness (QED) is 0.447. The molecule has 0 spiro atoms. The highest BCUT2D eigenvalue weighted by molar-refractivity contribution is 7.90. The van der Waals surface area contributed by atoms with Crippen molar-refractivity contribution in [1.82, 2.24) is 4.57 Å². The summed E-state index contributed by atoms with van der Waals surface area (Å²) in [6, 6.07) is 26.3. The Kier molecular flexibility index (Phi) is 5.72. The van der Waals surface area contributed by atoms with E-state index in [1.165, 1.54) is 12.1 Å². The second-order valence-electron chi connectivity index (χ2n) is 7.75. The number of hydrogen-bond acceptors (Lipinski definition) is 3. The Labute approximate surface area is 188 Å². The summed E-state index contributed by atoms with van der Waals surface area (Å²) < 4.78 is 25.4. The van der Waals surface area contributed by atoms with Gasteiger partial charge in [0, 0.05) is 28.9 Å². The zero-order chi connectivity index (χ0) is 22.9. The molecule has 0 atom stereocenters. The van der Waals surface area contributed by atoms with Gasteiger partial charge in [-0.1, -0.05) is 48.5 Å². The third-order valence-corrected chi connectivity index (χ3v) is 6.57. The van der Waals surface area contributed by atoms with E-state index in [1.54, 1.807) is 12.1 Å². The Morgan fingerprint density at radius 1 is 0.844 bits per heavy atom. The summed E-state index contributed by atoms with van der Waals surface area (Å²) in [6.45, 7) is 3.91. The van der Waals surface area contributed by atoms with Crippen LogP contribution in [0.3, 0.4) is 0 Å². The van der Waals surface area contributed by atoms with Gasteiger partial charge in [-0.15, -0.1) is 0 Å². The van der Waals surface area contributed by atoms with Gasteiger partial charge in [-0.05, 0) is 55.8 Å². The van der Waals surface area contributed by atoms with E-state index in [0.717, 1.165) is 34.5 Å². The molecule has 0 radical (unpaired) electrons. The van der Waals surface area contributed by atoms with E-state index < -0.39 is 9.84 Å². The number of aryl methyl sites for hydroxylation is 1. The van der Waals surface area contributed by atoms with Gasteiger partial charge in [0.05, 0.1) is 16.1 Å². The summed E-state index contributed by atoms with van der Waals surface area (Å²) >= 11 is 0. The summed E-state index contributed by atoms with van der Waals surface area (Å²) in [6.07, 6.45) is 1.16. The van der Waals surface area contributed by atoms with Crippen LogP contribution >= 0.6 is 0 Å². The third kappa shape index (κ3) is 4.22. The fraction of sp³-hybridized carbons (Fsp3) is 0.115. The lowest BCUT2D eigenvalue weighted by molar-refractivity contribution is 0.102. The van der Waals surface area contributed by atoms with Gasteiger partial charge in [0.2, 0.25) is 0 Å². The molecule has 0 aliphatic rings. The number of amides is 1. The fourth-order valence-electron chi connectivity index (χ4n) is 3.88. The lowest BCUT2D eigenvalue weighted by Gasteiger charge is -2.15. The first-order chi connectivity index (χ1) is 15.3. The maximum atomic E-state index is 13.0. The van der Waals surface area contributed by atoms with E-state index in [4.69, 9.17) is 0 Å². The van der Waals surface area contributed by atoms with Gasteiger partial charge in [0.1, 0.15) is 0 Å². The van der Waals surface area contributed by atoms with Gasteiger partial charge in [0.15, 0.2) is 9.84 Å². The number of aromatic nitrogens is 1. The lowest BCUT2D eigenvalue weighted by atomic mass is 10.0. The Balaban J connectivity index is 1.68. The SMILES string of the molecule is Cc1cc(C(=O)Nc2ccc(S(C)(=O)=O)cc2)c(C)n1-c1ccccc1-c1ccccc1. The second-order valence-corrected chi connectivity index (χ2v) is 9.77. The molecular formula is C26H24N2O3S. The van der Waals surface area contributed by atoms with Crippen molar-refractivity contribution in [2.45, 2.75) is 18.7 Å². The summed E-state index contributed by atoms with van der Waals surface area (Å²) in [5, 5.41) is 2.87. The number of benzene rings is 3. The minimum absolute atomic E-state index is 0.214. The molecule has 1 heterocycles. The first-order valence-electron chi connectivity index (χ1n) is 10.2. The van der Waals surface area contributed by atoms with Gasteiger partial charge in [0.25, 0.3) is 5.91 Å². The molecule has 4 aromatic rings. The number of anilines is 1. The van der Waals surface area contributed by atoms with Gasteiger partial charge in [-0.3, -0.25) is 4.79 Å². The number of hydrogen-bond donors (Lipinski definition) is 1. The van der Waals surface area contributed by atoms with Crippen molar-refractivity contribution >= 4 is 21.4 Å². The van der Waals surface area contributed by atoms with E-state index >= 15 is 0 Å². The number of nitrogens with one attached hydrogen (secondary N) is 1. The van der Waals surface area contributed by atoms with E-state index in [-0.39, 0.29) is 10.8 Å². The Bertz CT molecular complexity index is 1390. The molecule has 32 heavy (non-hydrogen) atoms. The highest BCUT2D eigenvalue weighted by Gasteiger charge is 2.19. The molecule has 6 heteroatoms. The van der Waals surface area contributed by atoms with Gasteiger partial charge < -0.3 is 9.88 Å². The molecule has 0 fully saturated rings. The molecule has 5 nitrogen and oxygen atoms in total. The molecule has 0 aliphatic heterocycles. The molecule has 4 rings (SSSR count). The summed E-state index contributed by atoms with van der Waals surface area (Å²) in [4.78, 5) is 13.2. The molecule has 3 aromatic carbocycles. The Hall–Kier alpha value is -3.64. The average molecular weight is 445 g/mol. The first-order valence-corrected chi connectivity index (χ1v) is 12.1. The summed E-state index contributed by atoms with van der Waals surface area (Å²) in [7, 11) is -3.28. The standard InChI is InChI=1S/C26H24N2O3S/c1-18-17-24(26(29)27-21-13-15-22(16-14-21)32(3,30)31)19(2)28(18)25-12-8-7-11-23(25)20-9-5-4-6-10-20/h4-17H,1-3H3,(H,27,29). The number of para-hydroxylation sites is 1. The van der Waals surface area contributed by atoms with Crippen molar-refractivity contribution in [3.8, 4) is 16.8 Å². The maximum Gasteiger partial charge on any atom is 0.257 e. The fourth-order valence-corrected chi connectivity index (χ4v) is 4.51. The normalized spacial score (nSPS) is 11.3. The van der Waals surface area contributed by atoms with Crippen molar-refractivity contribution in [3.05, 3.63) is 102 Å². The van der Waals surface area contributed by atoms with Crippen LogP contribution in [0.1, 0.15) is 21.7 Å². The van der Waals surface area contributed by atoms with Gasteiger partial charge in [-0.25, -0.2) is 8.42 Å². The van der Waals surface area contributed by atoms with Gasteiger partial charge >= 0.3 is 0 Å². The molecule has 1 aromatic heterocycles. The number of sulfone groups is 1. The van der Waals surface area contributed by atoms with Crippen molar-refractivity contribution < 1.29 is 13.2 Å². The summed E-state index contributed by atoms with van der Waals surface area (Å²) in [5.41, 5.74) is 6.07. The van der Waals surface area contributed by atoms with Crippen LogP contribution in [-0.2, 0) is 9.84 Å². The monoisotopic (exact) mass is 444 g/mol. The van der Waals surface area contributed by atoms with Crippen molar-refractivity contribution in [3.63, 3.8) is 0 Å². The van der Waals surface area contributed by atoms with Crippen molar-refractivity contribution in [2.75, 3.05) is 11.6 Å². The van der Waals surface area contributed by atoms with Crippen LogP contribution in [0.15, 0.2) is 89.8 Å². The van der Waals surface area contributed by atoms with Crippen LogP contribution < -0.4 is 5.32 Å². The molecule has 0 unspecified atom stereocenters. The maximum absolute atomic E-state index is 13.0. The smallest absolute Gasteiger partial charge is 0.257 e. The highest BCUT2D eigenvalue weighted by Crippen LogP contribution is 2.30. The predicted octanol–water partition coefficient (Wildman–Crippen LogP) is 5.42. The zero-order valence-corrected chi connectivity index (χ0v) is 19.0. The zero-order valence-electron chi connectivity index (χ0n) is 18.2. The van der Waals surface area contributed by atoms with Crippen LogP contribution in [0, 0.1) is 13.8 Å². The molecule has 1 N–H and O–H groups in total. The van der Waals surface area contributed by atoms with Crippen molar-refractivity contribution in [1.29, 1.82) is 0 Å². The lowest BCUT2D eigenvalue weighted by Crippen LogP contribution is -2.13. The molecule has 1 amide bonds. The Morgan fingerprint density at radius 2 is 1.47 bits per heavy atom. The van der Waals surface area contributed by atoms with Crippen LogP contribution in [0.2, 0.25) is 0 Å². The predicted molar refractivity (Wildman–Crippen MR) is 128 cm³/mol. The number of carbonyl (C=O) groups excluding carboxylic acids is 1. The first kappa shape index (κ1) is 21.6. The van der Waals surface area contributed by atoms with Crippen LogP contribution in [-0.4, -0.2) is 25.1 Å². The molecule has 162 valence electrons. The molecule has 0 saturated carbocycles. The molecular weight excluding hydrogens is 420 g/mol. The highest BCUT2D eigenvalue weighted by atomic mass is 32.2.